The minimum Gasteiger partial charge on any atom is -0.353 e. The molecule has 0 saturated heterocycles. The molecular formula is C24H23ClFN4O5S+. The molecule has 188 valence electrons. The number of hydrogen-bond donors (Lipinski definition) is 1. The van der Waals surface area contributed by atoms with Gasteiger partial charge in [-0.25, -0.2) is 17.6 Å². The van der Waals surface area contributed by atoms with E-state index in [-0.39, 0.29) is 39.6 Å². The molecule has 0 unspecified atom stereocenters. The number of H-pyrrole nitrogens is 1. The number of aromatic nitrogens is 2. The molecule has 3 aliphatic rings. The zero-order valence-corrected chi connectivity index (χ0v) is 21.3. The van der Waals surface area contributed by atoms with Gasteiger partial charge in [0.15, 0.2) is 11.8 Å². The zero-order chi connectivity index (χ0) is 25.7. The molecule has 1 aliphatic carbocycles. The van der Waals surface area contributed by atoms with Crippen LogP contribution in [0.1, 0.15) is 66.0 Å². The second-order valence-electron chi connectivity index (χ2n) is 9.63. The molecule has 2 aliphatic heterocycles. The van der Waals surface area contributed by atoms with Gasteiger partial charge in [0.05, 0.1) is 17.9 Å². The lowest BCUT2D eigenvalue weighted by molar-refractivity contribution is -0.675. The second kappa shape index (κ2) is 7.74. The fourth-order valence-electron chi connectivity index (χ4n) is 5.52. The number of nitrogens with zero attached hydrogens (tertiary/aromatic N) is 3. The first kappa shape index (κ1) is 23.4. The third kappa shape index (κ3) is 3.22. The monoisotopic (exact) mass is 533 g/mol. The van der Waals surface area contributed by atoms with E-state index in [1.54, 1.807) is 26.0 Å². The van der Waals surface area contributed by atoms with Crippen molar-refractivity contribution in [3.05, 3.63) is 68.2 Å². The molecule has 3 aromatic rings. The Hall–Kier alpha value is -3.02. The van der Waals surface area contributed by atoms with Crippen molar-refractivity contribution >= 4 is 33.1 Å². The van der Waals surface area contributed by atoms with Crippen LogP contribution in [0.2, 0.25) is 5.02 Å². The van der Waals surface area contributed by atoms with Gasteiger partial charge in [-0.3, -0.25) is 4.79 Å². The minimum atomic E-state index is -4.30. The van der Waals surface area contributed by atoms with Crippen molar-refractivity contribution in [1.29, 1.82) is 0 Å². The lowest BCUT2D eigenvalue weighted by Gasteiger charge is -2.42. The number of benzene rings is 2. The molecule has 1 saturated carbocycles. The van der Waals surface area contributed by atoms with Gasteiger partial charge in [0, 0.05) is 28.1 Å². The quantitative estimate of drug-likeness (QED) is 0.409. The predicted molar refractivity (Wildman–Crippen MR) is 128 cm³/mol. The first-order valence-corrected chi connectivity index (χ1v) is 13.4. The van der Waals surface area contributed by atoms with E-state index in [9.17, 15) is 18.0 Å². The third-order valence-electron chi connectivity index (χ3n) is 7.27. The maximum atomic E-state index is 15.2. The van der Waals surface area contributed by atoms with Gasteiger partial charge in [0.1, 0.15) is 10.7 Å². The predicted octanol–water partition coefficient (Wildman–Crippen LogP) is 3.34. The number of fused-ring (bicyclic) bond motifs is 4. The first-order valence-electron chi connectivity index (χ1n) is 11.6. The highest BCUT2D eigenvalue weighted by Gasteiger charge is 2.55. The molecule has 12 heteroatoms. The number of sulfonamides is 1. The van der Waals surface area contributed by atoms with Crippen molar-refractivity contribution in [1.82, 2.24) is 9.40 Å². The molecule has 1 N–H and O–H groups in total. The highest BCUT2D eigenvalue weighted by molar-refractivity contribution is 7.89. The molecule has 1 aromatic heterocycles. The molecule has 0 amide bonds. The van der Waals surface area contributed by atoms with Gasteiger partial charge in [-0.15, -0.1) is 0 Å². The Labute approximate surface area is 211 Å². The fourth-order valence-corrected chi connectivity index (χ4v) is 7.73. The molecule has 0 spiro atoms. The van der Waals surface area contributed by atoms with Crippen LogP contribution in [0.4, 0.5) is 10.1 Å². The van der Waals surface area contributed by atoms with Crippen molar-refractivity contribution in [2.24, 2.45) is 0 Å². The van der Waals surface area contributed by atoms with E-state index in [1.807, 2.05) is 4.90 Å². The number of nitrogens with one attached hydrogen (secondary N) is 1. The molecule has 0 radical (unpaired) electrons. The smallest absolute Gasteiger partial charge is 0.353 e. The summed E-state index contributed by atoms with van der Waals surface area (Å²) >= 11 is 6.29. The van der Waals surface area contributed by atoms with Crippen LogP contribution in [0.5, 0.6) is 0 Å². The van der Waals surface area contributed by atoms with Crippen LogP contribution < -0.4 is 15.3 Å². The van der Waals surface area contributed by atoms with E-state index in [4.69, 9.17) is 16.0 Å². The molecular weight excluding hydrogens is 511 g/mol. The van der Waals surface area contributed by atoms with Crippen molar-refractivity contribution in [3.8, 4) is 5.69 Å². The summed E-state index contributed by atoms with van der Waals surface area (Å²) in [6.45, 7) is 4.71. The summed E-state index contributed by atoms with van der Waals surface area (Å²) in [5, 5.41) is 2.83. The summed E-state index contributed by atoms with van der Waals surface area (Å²) in [4.78, 5) is 26.7. The number of carbonyl (C=O) groups excluding carboxylic acids is 1. The van der Waals surface area contributed by atoms with Gasteiger partial charge in [0.25, 0.3) is 0 Å². The number of Topliss-reactive ketones (excluding diaryl/α,β-unsaturated/α-hetero) is 1. The van der Waals surface area contributed by atoms with Gasteiger partial charge in [-0.05, 0) is 55.6 Å². The van der Waals surface area contributed by atoms with Crippen molar-refractivity contribution in [2.45, 2.75) is 56.5 Å². The Morgan fingerprint density at radius 1 is 1.28 bits per heavy atom. The number of rotatable bonds is 3. The van der Waals surface area contributed by atoms with Crippen LogP contribution in [0.3, 0.4) is 0 Å². The van der Waals surface area contributed by atoms with Crippen LogP contribution in [-0.4, -0.2) is 36.3 Å². The van der Waals surface area contributed by atoms with Crippen LogP contribution in [0.25, 0.3) is 5.69 Å². The highest BCUT2D eigenvalue weighted by Crippen LogP contribution is 2.49. The standard InChI is InChI=1S/C24H22ClFN4O5S/c1-11-4-7-17(26)19-12(2)21(23-30(20(11)19)27-24(32)35-23)29-10-28(15-5-6-15)18-9-14(25)8-16(13(3)31)22(18)36(29,33)34/h4,7-9,12,15,21H,5-6,10H2,1-3H3/p+1/t12-,21-/m0/s1. The molecule has 0 bridgehead atoms. The Bertz CT molecular complexity index is 1630. The average molecular weight is 534 g/mol. The number of aromatic amines is 1. The Kier molecular flexibility index (Phi) is 5.03. The molecule has 3 heterocycles. The summed E-state index contributed by atoms with van der Waals surface area (Å²) in [7, 11) is -4.30. The van der Waals surface area contributed by atoms with Gasteiger partial charge in [-0.2, -0.15) is 4.31 Å². The van der Waals surface area contributed by atoms with E-state index < -0.39 is 39.3 Å². The number of hydrogen-bond acceptors (Lipinski definition) is 6. The molecule has 9 nitrogen and oxygen atoms in total. The first-order chi connectivity index (χ1) is 17.0. The summed E-state index contributed by atoms with van der Waals surface area (Å²) in [5.74, 6) is -2.40. The zero-order valence-electron chi connectivity index (χ0n) is 19.7. The second-order valence-corrected chi connectivity index (χ2v) is 11.9. The average Bonchev–Trinajstić information content (AvgIpc) is 3.57. The van der Waals surface area contributed by atoms with Gasteiger partial charge >= 0.3 is 11.6 Å². The normalized spacial score (nSPS) is 22.6. The minimum absolute atomic E-state index is 0.0119. The molecule has 6 rings (SSSR count). The topological polar surface area (TPSA) is 108 Å². The summed E-state index contributed by atoms with van der Waals surface area (Å²) in [6.07, 6.45) is 1.71. The number of carbonyl (C=O) groups is 1. The Morgan fingerprint density at radius 2 is 2.00 bits per heavy atom. The van der Waals surface area contributed by atoms with Crippen molar-refractivity contribution in [3.63, 3.8) is 0 Å². The van der Waals surface area contributed by atoms with Crippen LogP contribution in [-0.2, 0) is 10.0 Å². The van der Waals surface area contributed by atoms with Crippen molar-refractivity contribution in [2.75, 3.05) is 11.6 Å². The molecule has 1 fully saturated rings. The summed E-state index contributed by atoms with van der Waals surface area (Å²) < 4.78 is 51.7. The van der Waals surface area contributed by atoms with E-state index >= 15 is 4.39 Å². The van der Waals surface area contributed by atoms with Gasteiger partial charge in [0.2, 0.25) is 15.7 Å². The number of ketones is 1. The third-order valence-corrected chi connectivity index (χ3v) is 9.39. The van der Waals surface area contributed by atoms with Gasteiger partial charge < -0.3 is 9.32 Å². The molecule has 2 aromatic carbocycles. The van der Waals surface area contributed by atoms with E-state index in [0.717, 1.165) is 12.8 Å². The maximum Gasteiger partial charge on any atom is 0.470 e. The SMILES string of the molecule is CC(=O)c1cc(Cl)cc2c1S(=O)(=O)N([C@@H]1c3oc(=O)[nH][n+]3-c3c(C)ccc(F)c3[C@@H]1C)CN2C1CC1. The molecule has 2 atom stereocenters. The number of halogens is 2. The number of anilines is 1. The summed E-state index contributed by atoms with van der Waals surface area (Å²) in [6, 6.07) is 4.86. The van der Waals surface area contributed by atoms with E-state index in [0.29, 0.717) is 16.9 Å². The van der Waals surface area contributed by atoms with Crippen LogP contribution in [0, 0.1) is 12.7 Å². The number of aryl methyl sites for hydroxylation is 1. The van der Waals surface area contributed by atoms with Gasteiger partial charge in [-0.1, -0.05) is 23.6 Å². The largest absolute Gasteiger partial charge is 0.470 e. The Morgan fingerprint density at radius 3 is 2.67 bits per heavy atom. The highest BCUT2D eigenvalue weighted by atomic mass is 35.5. The molecule has 36 heavy (non-hydrogen) atoms. The van der Waals surface area contributed by atoms with Crippen LogP contribution >= 0.6 is 11.6 Å². The summed E-state index contributed by atoms with van der Waals surface area (Å²) in [5.41, 5.74) is 1.75. The lowest BCUT2D eigenvalue weighted by Crippen LogP contribution is -2.55. The Balaban J connectivity index is 1.62. The van der Waals surface area contributed by atoms with Crippen molar-refractivity contribution < 1.29 is 26.7 Å². The van der Waals surface area contributed by atoms with E-state index in [1.165, 1.54) is 28.0 Å². The maximum absolute atomic E-state index is 15.2. The van der Waals surface area contributed by atoms with Crippen LogP contribution in [0.15, 0.2) is 38.4 Å². The fraction of sp³-hybridized carbons (Fsp3) is 0.375. The van der Waals surface area contributed by atoms with E-state index in [2.05, 4.69) is 5.10 Å². The lowest BCUT2D eigenvalue weighted by atomic mass is 9.87.